The van der Waals surface area contributed by atoms with Gasteiger partial charge < -0.3 is 10.2 Å². The zero-order valence-corrected chi connectivity index (χ0v) is 10.7. The van der Waals surface area contributed by atoms with E-state index in [0.717, 1.165) is 6.42 Å². The predicted octanol–water partition coefficient (Wildman–Crippen LogP) is 2.04. The molecule has 0 bridgehead atoms. The van der Waals surface area contributed by atoms with Gasteiger partial charge in [-0.1, -0.05) is 12.2 Å². The van der Waals surface area contributed by atoms with Crippen LogP contribution in [0, 0.1) is 5.41 Å². The van der Waals surface area contributed by atoms with Crippen LogP contribution in [0.3, 0.4) is 0 Å². The summed E-state index contributed by atoms with van der Waals surface area (Å²) in [6.45, 7) is 0. The molecule has 14 heavy (non-hydrogen) atoms. The molecule has 1 aliphatic carbocycles. The lowest BCUT2D eigenvalue weighted by Gasteiger charge is -2.23. The number of rotatable bonds is 2. The highest BCUT2D eigenvalue weighted by Crippen LogP contribution is 2.31. The second-order valence-corrected chi connectivity index (χ2v) is 2.88. The van der Waals surface area contributed by atoms with E-state index in [0.29, 0.717) is 6.42 Å². The van der Waals surface area contributed by atoms with Gasteiger partial charge in [-0.3, -0.25) is 9.59 Å². The SMILES string of the molecule is Br.Br.O=C(O)C1(C(=O)O)C=CCCC1. The summed E-state index contributed by atoms with van der Waals surface area (Å²) in [5.41, 5.74) is -1.67. The third-order valence-corrected chi connectivity index (χ3v) is 2.11. The van der Waals surface area contributed by atoms with E-state index in [9.17, 15) is 9.59 Å². The molecular formula is C8H12Br2O4. The Morgan fingerprint density at radius 3 is 1.86 bits per heavy atom. The van der Waals surface area contributed by atoms with Crippen molar-refractivity contribution in [3.8, 4) is 0 Å². The molecule has 0 fully saturated rings. The fraction of sp³-hybridized carbons (Fsp3) is 0.500. The fourth-order valence-corrected chi connectivity index (χ4v) is 1.31. The van der Waals surface area contributed by atoms with Crippen molar-refractivity contribution in [2.75, 3.05) is 0 Å². The molecule has 0 atom stereocenters. The van der Waals surface area contributed by atoms with Gasteiger partial charge >= 0.3 is 11.9 Å². The number of halogens is 2. The lowest BCUT2D eigenvalue weighted by molar-refractivity contribution is -0.161. The van der Waals surface area contributed by atoms with Crippen LogP contribution < -0.4 is 0 Å². The zero-order valence-electron chi connectivity index (χ0n) is 7.30. The van der Waals surface area contributed by atoms with E-state index in [1.165, 1.54) is 6.08 Å². The van der Waals surface area contributed by atoms with Gasteiger partial charge in [0.05, 0.1) is 0 Å². The van der Waals surface area contributed by atoms with Crippen LogP contribution in [0.1, 0.15) is 19.3 Å². The smallest absolute Gasteiger partial charge is 0.324 e. The highest BCUT2D eigenvalue weighted by atomic mass is 79.9. The number of hydrogen-bond acceptors (Lipinski definition) is 2. The van der Waals surface area contributed by atoms with Crippen LogP contribution in [-0.4, -0.2) is 22.2 Å². The average Bonchev–Trinajstić information content (AvgIpc) is 2.05. The standard InChI is InChI=1S/C8H10O4.2BrH/c9-6(10)8(7(11)12)4-2-1-3-5-8;;/h2,4H,1,3,5H2,(H,9,10)(H,11,12);2*1H. The molecule has 2 N–H and O–H groups in total. The minimum Gasteiger partial charge on any atom is -0.480 e. The van der Waals surface area contributed by atoms with Gasteiger partial charge in [0.2, 0.25) is 0 Å². The lowest BCUT2D eigenvalue weighted by atomic mass is 9.79. The number of carboxylic acid groups (broad SMARTS) is 2. The second-order valence-electron chi connectivity index (χ2n) is 2.88. The molecular weight excluding hydrogens is 320 g/mol. The predicted molar refractivity (Wildman–Crippen MR) is 61.3 cm³/mol. The van der Waals surface area contributed by atoms with Gasteiger partial charge in [0, 0.05) is 0 Å². The van der Waals surface area contributed by atoms with Crippen LogP contribution >= 0.6 is 34.0 Å². The third-order valence-electron chi connectivity index (χ3n) is 2.11. The van der Waals surface area contributed by atoms with Crippen LogP contribution in [0.2, 0.25) is 0 Å². The molecule has 6 heteroatoms. The second kappa shape index (κ2) is 6.19. The molecule has 0 unspecified atom stereocenters. The van der Waals surface area contributed by atoms with Gasteiger partial charge in [-0.15, -0.1) is 34.0 Å². The summed E-state index contributed by atoms with van der Waals surface area (Å²) >= 11 is 0. The van der Waals surface area contributed by atoms with Gasteiger partial charge in [0.1, 0.15) is 0 Å². The molecule has 0 spiro atoms. The van der Waals surface area contributed by atoms with Gasteiger partial charge in [0.25, 0.3) is 0 Å². The first-order valence-corrected chi connectivity index (χ1v) is 3.74. The van der Waals surface area contributed by atoms with Gasteiger partial charge in [-0.2, -0.15) is 0 Å². The number of carbonyl (C=O) groups is 2. The molecule has 0 saturated heterocycles. The first-order valence-electron chi connectivity index (χ1n) is 3.74. The Labute approximate surface area is 103 Å². The van der Waals surface area contributed by atoms with Crippen molar-refractivity contribution in [1.29, 1.82) is 0 Å². The van der Waals surface area contributed by atoms with Crippen molar-refractivity contribution in [1.82, 2.24) is 0 Å². The van der Waals surface area contributed by atoms with E-state index in [-0.39, 0.29) is 40.4 Å². The molecule has 0 aromatic carbocycles. The Balaban J connectivity index is 0. The normalized spacial score (nSPS) is 17.4. The Bertz CT molecular complexity index is 236. The largest absolute Gasteiger partial charge is 0.480 e. The molecule has 1 aliphatic rings. The van der Waals surface area contributed by atoms with E-state index >= 15 is 0 Å². The summed E-state index contributed by atoms with van der Waals surface area (Å²) in [4.78, 5) is 21.4. The van der Waals surface area contributed by atoms with Crippen LogP contribution in [0.25, 0.3) is 0 Å². The fourth-order valence-electron chi connectivity index (χ4n) is 1.31. The average molecular weight is 332 g/mol. The van der Waals surface area contributed by atoms with E-state index in [1.54, 1.807) is 6.08 Å². The van der Waals surface area contributed by atoms with Crippen molar-refractivity contribution in [3.63, 3.8) is 0 Å². The minimum atomic E-state index is -1.67. The molecule has 0 aliphatic heterocycles. The Hall–Kier alpha value is -0.360. The first kappa shape index (κ1) is 16.1. The van der Waals surface area contributed by atoms with Gasteiger partial charge in [0.15, 0.2) is 5.41 Å². The maximum absolute atomic E-state index is 10.7. The number of hydrogen-bond donors (Lipinski definition) is 2. The molecule has 0 amide bonds. The molecule has 0 radical (unpaired) electrons. The summed E-state index contributed by atoms with van der Waals surface area (Å²) in [6.07, 6.45) is 4.47. The van der Waals surface area contributed by atoms with E-state index in [2.05, 4.69) is 0 Å². The van der Waals surface area contributed by atoms with Crippen molar-refractivity contribution in [2.24, 2.45) is 5.41 Å². The Morgan fingerprint density at radius 1 is 1.14 bits per heavy atom. The van der Waals surface area contributed by atoms with Crippen molar-refractivity contribution in [3.05, 3.63) is 12.2 Å². The van der Waals surface area contributed by atoms with Crippen LogP contribution in [-0.2, 0) is 9.59 Å². The molecule has 1 rings (SSSR count). The summed E-state index contributed by atoms with van der Waals surface area (Å²) in [5, 5.41) is 17.5. The Kier molecular flexibility index (Phi) is 7.11. The molecule has 0 aromatic rings. The Morgan fingerprint density at radius 2 is 1.64 bits per heavy atom. The van der Waals surface area contributed by atoms with Crippen LogP contribution in [0.4, 0.5) is 0 Å². The van der Waals surface area contributed by atoms with Gasteiger partial charge in [-0.25, -0.2) is 0 Å². The topological polar surface area (TPSA) is 74.6 Å². The highest BCUT2D eigenvalue weighted by Gasteiger charge is 2.44. The van der Waals surface area contributed by atoms with Crippen LogP contribution in [0.5, 0.6) is 0 Å². The third kappa shape index (κ3) is 2.81. The quantitative estimate of drug-likeness (QED) is 0.599. The number of carboxylic acids is 2. The summed E-state index contributed by atoms with van der Waals surface area (Å²) in [6, 6.07) is 0. The van der Waals surface area contributed by atoms with Gasteiger partial charge in [-0.05, 0) is 19.3 Å². The monoisotopic (exact) mass is 330 g/mol. The minimum absolute atomic E-state index is 0. The van der Waals surface area contributed by atoms with E-state index < -0.39 is 17.4 Å². The van der Waals surface area contributed by atoms with Crippen molar-refractivity contribution >= 4 is 45.9 Å². The zero-order chi connectivity index (χ0) is 9.19. The van der Waals surface area contributed by atoms with E-state index in [1.807, 2.05) is 0 Å². The van der Waals surface area contributed by atoms with Crippen LogP contribution in [0.15, 0.2) is 12.2 Å². The summed E-state index contributed by atoms with van der Waals surface area (Å²) < 4.78 is 0. The molecule has 0 saturated carbocycles. The molecule has 82 valence electrons. The lowest BCUT2D eigenvalue weighted by Crippen LogP contribution is -2.38. The maximum Gasteiger partial charge on any atom is 0.324 e. The maximum atomic E-state index is 10.7. The van der Waals surface area contributed by atoms with Crippen molar-refractivity contribution in [2.45, 2.75) is 19.3 Å². The number of allylic oxidation sites excluding steroid dienone is 1. The number of aliphatic carboxylic acids is 2. The highest BCUT2D eigenvalue weighted by molar-refractivity contribution is 8.93. The van der Waals surface area contributed by atoms with Crippen molar-refractivity contribution < 1.29 is 19.8 Å². The summed E-state index contributed by atoms with van der Waals surface area (Å²) in [5.74, 6) is -2.54. The molecule has 4 nitrogen and oxygen atoms in total. The molecule has 0 heterocycles. The van der Waals surface area contributed by atoms with E-state index in [4.69, 9.17) is 10.2 Å². The first-order chi connectivity index (χ1) is 5.59. The molecule has 0 aromatic heterocycles. The summed E-state index contributed by atoms with van der Waals surface area (Å²) in [7, 11) is 0.